The first-order valence-corrected chi connectivity index (χ1v) is 10.5. The van der Waals surface area contributed by atoms with Crippen LogP contribution in [-0.4, -0.2) is 36.1 Å². The lowest BCUT2D eigenvalue weighted by molar-refractivity contribution is -0.115. The van der Waals surface area contributed by atoms with Gasteiger partial charge in [-0.05, 0) is 39.0 Å². The van der Waals surface area contributed by atoms with Crippen LogP contribution < -0.4 is 5.32 Å². The Morgan fingerprint density at radius 3 is 2.70 bits per heavy atom. The molecule has 0 saturated heterocycles. The second-order valence-electron chi connectivity index (χ2n) is 5.55. The summed E-state index contributed by atoms with van der Waals surface area (Å²) in [5, 5.41) is 21.6. The highest BCUT2D eigenvalue weighted by Crippen LogP contribution is 2.32. The summed E-state index contributed by atoms with van der Waals surface area (Å²) in [6.45, 7) is 6.25. The molecule has 1 atom stereocenters. The lowest BCUT2D eigenvalue weighted by atomic mass is 10.2. The van der Waals surface area contributed by atoms with Crippen molar-refractivity contribution >= 4 is 57.3 Å². The fourth-order valence-electron chi connectivity index (χ4n) is 2.30. The second kappa shape index (κ2) is 8.55. The van der Waals surface area contributed by atoms with Crippen molar-refractivity contribution in [2.45, 2.75) is 37.7 Å². The number of nitrogens with zero attached hydrogens (tertiary/aromatic N) is 5. The highest BCUT2D eigenvalue weighted by atomic mass is 35.5. The summed E-state index contributed by atoms with van der Waals surface area (Å²) in [7, 11) is 0. The maximum absolute atomic E-state index is 12.4. The van der Waals surface area contributed by atoms with Crippen LogP contribution in [0.3, 0.4) is 0 Å². The maximum atomic E-state index is 12.4. The van der Waals surface area contributed by atoms with E-state index in [0.717, 1.165) is 10.6 Å². The highest BCUT2D eigenvalue weighted by Gasteiger charge is 2.22. The predicted molar refractivity (Wildman–Crippen MR) is 110 cm³/mol. The van der Waals surface area contributed by atoms with Crippen LogP contribution in [0.2, 0.25) is 10.0 Å². The zero-order valence-corrected chi connectivity index (χ0v) is 17.9. The number of anilines is 1. The van der Waals surface area contributed by atoms with Crippen LogP contribution in [-0.2, 0) is 11.3 Å². The van der Waals surface area contributed by atoms with E-state index in [1.165, 1.54) is 23.1 Å². The van der Waals surface area contributed by atoms with Gasteiger partial charge in [0, 0.05) is 17.1 Å². The summed E-state index contributed by atoms with van der Waals surface area (Å²) in [6, 6.07) is 5.23. The van der Waals surface area contributed by atoms with Gasteiger partial charge in [-0.2, -0.15) is 0 Å². The fourth-order valence-corrected chi connectivity index (χ4v) is 4.30. The first kappa shape index (κ1) is 20.1. The van der Waals surface area contributed by atoms with Crippen molar-refractivity contribution in [1.82, 2.24) is 25.0 Å². The minimum Gasteiger partial charge on any atom is -0.302 e. The second-order valence-corrected chi connectivity index (χ2v) is 8.88. The number of thioether (sulfide) groups is 1. The normalized spacial score (nSPS) is 12.2. The van der Waals surface area contributed by atoms with Gasteiger partial charge >= 0.3 is 0 Å². The van der Waals surface area contributed by atoms with Gasteiger partial charge in [0.25, 0.3) is 0 Å². The van der Waals surface area contributed by atoms with E-state index in [2.05, 4.69) is 25.7 Å². The number of halogens is 2. The first-order chi connectivity index (χ1) is 12.9. The van der Waals surface area contributed by atoms with Crippen molar-refractivity contribution in [3.8, 4) is 11.4 Å². The van der Waals surface area contributed by atoms with Crippen LogP contribution in [0.1, 0.15) is 18.9 Å². The Labute approximate surface area is 174 Å². The molecule has 0 saturated carbocycles. The van der Waals surface area contributed by atoms with Crippen molar-refractivity contribution in [1.29, 1.82) is 0 Å². The molecule has 2 aromatic heterocycles. The molecule has 3 aromatic rings. The van der Waals surface area contributed by atoms with E-state index in [4.69, 9.17) is 23.2 Å². The highest BCUT2D eigenvalue weighted by molar-refractivity contribution is 8.00. The lowest BCUT2D eigenvalue weighted by Gasteiger charge is -2.12. The molecule has 0 bridgehead atoms. The van der Waals surface area contributed by atoms with E-state index < -0.39 is 5.25 Å². The minimum atomic E-state index is -0.391. The van der Waals surface area contributed by atoms with Gasteiger partial charge in [-0.3, -0.25) is 10.1 Å². The summed E-state index contributed by atoms with van der Waals surface area (Å²) < 4.78 is 1.92. The van der Waals surface area contributed by atoms with Crippen LogP contribution in [0, 0.1) is 6.92 Å². The van der Waals surface area contributed by atoms with Crippen LogP contribution >= 0.6 is 46.3 Å². The topological polar surface area (TPSA) is 85.6 Å². The summed E-state index contributed by atoms with van der Waals surface area (Å²) in [5.41, 5.74) is 0.740. The van der Waals surface area contributed by atoms with Gasteiger partial charge in [-0.25, -0.2) is 0 Å². The van der Waals surface area contributed by atoms with Gasteiger partial charge < -0.3 is 4.57 Å². The molecule has 0 fully saturated rings. The Morgan fingerprint density at radius 1 is 1.30 bits per heavy atom. The van der Waals surface area contributed by atoms with Gasteiger partial charge in [0.15, 0.2) is 11.0 Å². The molecular weight excluding hydrogens is 427 g/mol. The number of nitrogens with one attached hydrogen (secondary N) is 1. The average molecular weight is 443 g/mol. The fraction of sp³-hybridized carbons (Fsp3) is 0.312. The van der Waals surface area contributed by atoms with Crippen LogP contribution in [0.4, 0.5) is 5.13 Å². The van der Waals surface area contributed by atoms with E-state index >= 15 is 0 Å². The van der Waals surface area contributed by atoms with E-state index in [1.807, 2.05) is 24.5 Å². The molecule has 1 amide bonds. The summed E-state index contributed by atoms with van der Waals surface area (Å²) >= 11 is 14.9. The number of amides is 1. The number of hydrogen-bond donors (Lipinski definition) is 1. The van der Waals surface area contributed by atoms with Crippen LogP contribution in [0.15, 0.2) is 23.4 Å². The molecular formula is C16H16Cl2N6OS2. The third-order valence-electron chi connectivity index (χ3n) is 3.61. The zero-order valence-electron chi connectivity index (χ0n) is 14.7. The molecule has 0 aliphatic carbocycles. The van der Waals surface area contributed by atoms with Crippen LogP contribution in [0.5, 0.6) is 0 Å². The third kappa shape index (κ3) is 4.60. The summed E-state index contributed by atoms with van der Waals surface area (Å²) in [5.74, 6) is 0.460. The lowest BCUT2D eigenvalue weighted by Crippen LogP contribution is -2.22. The first-order valence-electron chi connectivity index (χ1n) is 8.05. The Hall–Kier alpha value is -1.68. The molecule has 0 radical (unpaired) electrons. The Bertz CT molecular complexity index is 974. The summed E-state index contributed by atoms with van der Waals surface area (Å²) in [6.07, 6.45) is 0. The maximum Gasteiger partial charge on any atom is 0.239 e. The van der Waals surface area contributed by atoms with Gasteiger partial charge in [0.1, 0.15) is 5.01 Å². The van der Waals surface area contributed by atoms with Gasteiger partial charge in [-0.15, -0.1) is 20.4 Å². The number of hydrogen-bond acceptors (Lipinski definition) is 7. The molecule has 3 rings (SSSR count). The van der Waals surface area contributed by atoms with Crippen LogP contribution in [0.25, 0.3) is 11.4 Å². The molecule has 0 spiro atoms. The zero-order chi connectivity index (χ0) is 19.6. The standard InChI is InChI=1S/C16H16Cl2N6OS2/c1-4-24-13(11-6-5-10(17)7-12(11)18)21-23-16(24)26-8(2)14(25)19-15-22-20-9(3)27-15/h5-8H,4H2,1-3H3,(H,19,22,25)/t8-/m0/s1. The van der Waals surface area contributed by atoms with E-state index in [1.54, 1.807) is 19.1 Å². The molecule has 2 heterocycles. The predicted octanol–water partition coefficient (Wildman–Crippen LogP) is 4.55. The monoisotopic (exact) mass is 442 g/mol. The van der Waals surface area contributed by atoms with Gasteiger partial charge in [-0.1, -0.05) is 46.3 Å². The number of benzene rings is 1. The third-order valence-corrected chi connectivity index (χ3v) is 6.00. The number of carbonyl (C=O) groups excluding carboxylic acids is 1. The van der Waals surface area contributed by atoms with Crippen molar-refractivity contribution in [3.63, 3.8) is 0 Å². The molecule has 27 heavy (non-hydrogen) atoms. The van der Waals surface area contributed by atoms with Gasteiger partial charge in [0.05, 0.1) is 10.3 Å². The van der Waals surface area contributed by atoms with Crippen molar-refractivity contribution in [3.05, 3.63) is 33.3 Å². The largest absolute Gasteiger partial charge is 0.302 e. The molecule has 7 nitrogen and oxygen atoms in total. The van der Waals surface area contributed by atoms with Gasteiger partial charge in [0.2, 0.25) is 11.0 Å². The quantitative estimate of drug-likeness (QED) is 0.563. The van der Waals surface area contributed by atoms with Crippen molar-refractivity contribution in [2.75, 3.05) is 5.32 Å². The van der Waals surface area contributed by atoms with E-state index in [-0.39, 0.29) is 5.91 Å². The Balaban J connectivity index is 1.79. The number of carbonyl (C=O) groups is 1. The molecule has 1 aromatic carbocycles. The van der Waals surface area contributed by atoms with E-state index in [0.29, 0.717) is 32.7 Å². The SMILES string of the molecule is CCn1c(S[C@@H](C)C(=O)Nc2nnc(C)s2)nnc1-c1ccc(Cl)cc1Cl. The van der Waals surface area contributed by atoms with E-state index in [9.17, 15) is 4.79 Å². The molecule has 11 heteroatoms. The number of rotatable bonds is 6. The van der Waals surface area contributed by atoms with Crippen molar-refractivity contribution in [2.24, 2.45) is 0 Å². The average Bonchev–Trinajstić information content (AvgIpc) is 3.20. The molecule has 0 aliphatic rings. The minimum absolute atomic E-state index is 0.173. The van der Waals surface area contributed by atoms with Crippen molar-refractivity contribution < 1.29 is 4.79 Å². The number of aromatic nitrogens is 5. The number of aryl methyl sites for hydroxylation is 1. The smallest absolute Gasteiger partial charge is 0.239 e. The summed E-state index contributed by atoms with van der Waals surface area (Å²) in [4.78, 5) is 12.4. The molecule has 142 valence electrons. The Kier molecular flexibility index (Phi) is 6.36. The molecule has 1 N–H and O–H groups in total. The molecule has 0 unspecified atom stereocenters. The molecule has 0 aliphatic heterocycles. The Morgan fingerprint density at radius 2 is 2.07 bits per heavy atom.